The zero-order valence-corrected chi connectivity index (χ0v) is 13.2. The smallest absolute Gasteiger partial charge is 0.433 e. The van der Waals surface area contributed by atoms with E-state index >= 15 is 0 Å². The van der Waals surface area contributed by atoms with Gasteiger partial charge in [-0.25, -0.2) is 4.79 Å². The Bertz CT molecular complexity index is 551. The van der Waals surface area contributed by atoms with E-state index in [-0.39, 0.29) is 6.10 Å². The second-order valence-electron chi connectivity index (χ2n) is 5.20. The summed E-state index contributed by atoms with van der Waals surface area (Å²) in [7, 11) is 3.10. The lowest BCUT2D eigenvalue weighted by Crippen LogP contribution is -2.17. The zero-order valence-electron chi connectivity index (χ0n) is 13.2. The van der Waals surface area contributed by atoms with Gasteiger partial charge in [0.15, 0.2) is 11.5 Å². The van der Waals surface area contributed by atoms with Gasteiger partial charge < -0.3 is 14.8 Å². The van der Waals surface area contributed by atoms with Crippen LogP contribution in [0.3, 0.4) is 0 Å². The van der Waals surface area contributed by atoms with Crippen LogP contribution in [-0.2, 0) is 4.84 Å². The summed E-state index contributed by atoms with van der Waals surface area (Å²) in [6.07, 6.45) is 4.18. The minimum Gasteiger partial charge on any atom is -0.493 e. The Balaban J connectivity index is 2.16. The van der Waals surface area contributed by atoms with Crippen molar-refractivity contribution >= 4 is 11.8 Å². The zero-order chi connectivity index (χ0) is 15.9. The standard InChI is InChI=1S/C16H22N2O4/c1-11(18-22-16(19)17-2)12-8-9-14(20-3)15(10-12)21-13-6-4-5-7-13/h8-10,13H,4-7H2,1-3H3,(H,17,19)/b18-11+. The van der Waals surface area contributed by atoms with Crippen molar-refractivity contribution in [2.24, 2.45) is 5.16 Å². The van der Waals surface area contributed by atoms with Crippen LogP contribution in [0.4, 0.5) is 4.79 Å². The maximum Gasteiger partial charge on any atom is 0.433 e. The first-order valence-corrected chi connectivity index (χ1v) is 7.42. The maximum atomic E-state index is 11.1. The lowest BCUT2D eigenvalue weighted by atomic mass is 10.1. The number of hydrogen-bond acceptors (Lipinski definition) is 5. The molecule has 0 aromatic heterocycles. The summed E-state index contributed by atoms with van der Waals surface area (Å²) in [5.74, 6) is 1.39. The van der Waals surface area contributed by atoms with E-state index in [1.807, 2.05) is 18.2 Å². The van der Waals surface area contributed by atoms with E-state index in [1.54, 1.807) is 14.0 Å². The third kappa shape index (κ3) is 4.13. The van der Waals surface area contributed by atoms with Crippen LogP contribution in [0.1, 0.15) is 38.2 Å². The molecule has 0 bridgehead atoms. The highest BCUT2D eigenvalue weighted by atomic mass is 16.7. The number of rotatable bonds is 5. The Labute approximate surface area is 130 Å². The predicted molar refractivity (Wildman–Crippen MR) is 83.6 cm³/mol. The molecule has 1 saturated carbocycles. The van der Waals surface area contributed by atoms with Gasteiger partial charge >= 0.3 is 6.09 Å². The molecular weight excluding hydrogens is 284 g/mol. The summed E-state index contributed by atoms with van der Waals surface area (Å²) in [4.78, 5) is 15.8. The van der Waals surface area contributed by atoms with Crippen molar-refractivity contribution in [2.45, 2.75) is 38.7 Å². The molecule has 0 spiro atoms. The molecular formula is C16H22N2O4. The summed E-state index contributed by atoms with van der Waals surface area (Å²) in [5, 5.41) is 6.14. The predicted octanol–water partition coefficient (Wildman–Crippen LogP) is 3.10. The quantitative estimate of drug-likeness (QED) is 0.515. The van der Waals surface area contributed by atoms with Crippen LogP contribution < -0.4 is 14.8 Å². The van der Waals surface area contributed by atoms with E-state index in [2.05, 4.69) is 10.5 Å². The van der Waals surface area contributed by atoms with Gasteiger partial charge in [0, 0.05) is 12.6 Å². The molecule has 1 aliphatic carbocycles. The lowest BCUT2D eigenvalue weighted by Gasteiger charge is -2.16. The highest BCUT2D eigenvalue weighted by Crippen LogP contribution is 2.32. The van der Waals surface area contributed by atoms with E-state index < -0.39 is 6.09 Å². The molecule has 0 heterocycles. The molecule has 2 rings (SSSR count). The molecule has 0 saturated heterocycles. The van der Waals surface area contributed by atoms with Crippen LogP contribution in [0, 0.1) is 0 Å². The van der Waals surface area contributed by atoms with Gasteiger partial charge in [-0.3, -0.25) is 4.84 Å². The molecule has 22 heavy (non-hydrogen) atoms. The van der Waals surface area contributed by atoms with Crippen molar-refractivity contribution in [3.63, 3.8) is 0 Å². The summed E-state index contributed by atoms with van der Waals surface area (Å²) in [5.41, 5.74) is 1.40. The molecule has 0 radical (unpaired) electrons. The molecule has 120 valence electrons. The van der Waals surface area contributed by atoms with Gasteiger partial charge in [0.1, 0.15) is 0 Å². The van der Waals surface area contributed by atoms with Crippen molar-refractivity contribution in [3.05, 3.63) is 23.8 Å². The average Bonchev–Trinajstić information content (AvgIpc) is 3.05. The first-order valence-electron chi connectivity index (χ1n) is 7.42. The minimum absolute atomic E-state index is 0.239. The third-order valence-corrected chi connectivity index (χ3v) is 3.65. The Kier molecular flexibility index (Phi) is 5.63. The van der Waals surface area contributed by atoms with E-state index in [0.717, 1.165) is 18.4 Å². The Morgan fingerprint density at radius 1 is 1.27 bits per heavy atom. The van der Waals surface area contributed by atoms with E-state index in [0.29, 0.717) is 17.2 Å². The Morgan fingerprint density at radius 2 is 2.00 bits per heavy atom. The van der Waals surface area contributed by atoms with Crippen LogP contribution in [-0.4, -0.2) is 32.1 Å². The topological polar surface area (TPSA) is 69.2 Å². The second kappa shape index (κ2) is 7.68. The van der Waals surface area contributed by atoms with Crippen LogP contribution in [0.25, 0.3) is 0 Å². The van der Waals surface area contributed by atoms with Crippen molar-refractivity contribution in [3.8, 4) is 11.5 Å². The molecule has 1 aromatic rings. The highest BCUT2D eigenvalue weighted by Gasteiger charge is 2.19. The number of nitrogens with zero attached hydrogens (tertiary/aromatic N) is 1. The molecule has 0 unspecified atom stereocenters. The molecule has 0 atom stereocenters. The largest absolute Gasteiger partial charge is 0.493 e. The van der Waals surface area contributed by atoms with Crippen LogP contribution in [0.5, 0.6) is 11.5 Å². The minimum atomic E-state index is -0.602. The van der Waals surface area contributed by atoms with Crippen LogP contribution in [0.2, 0.25) is 0 Å². The van der Waals surface area contributed by atoms with Crippen molar-refractivity contribution in [1.82, 2.24) is 5.32 Å². The first-order chi connectivity index (χ1) is 10.6. The van der Waals surface area contributed by atoms with E-state index in [4.69, 9.17) is 14.3 Å². The number of oxime groups is 1. The van der Waals surface area contributed by atoms with Crippen molar-refractivity contribution in [1.29, 1.82) is 0 Å². The maximum absolute atomic E-state index is 11.1. The number of hydrogen-bond donors (Lipinski definition) is 1. The first kappa shape index (κ1) is 16.1. The Hall–Kier alpha value is -2.24. The molecule has 1 aliphatic rings. The van der Waals surface area contributed by atoms with Gasteiger partial charge in [-0.15, -0.1) is 0 Å². The van der Waals surface area contributed by atoms with E-state index in [9.17, 15) is 4.79 Å². The fraction of sp³-hybridized carbons (Fsp3) is 0.500. The summed E-state index contributed by atoms with van der Waals surface area (Å²) < 4.78 is 11.4. The van der Waals surface area contributed by atoms with Crippen molar-refractivity contribution < 1.29 is 19.1 Å². The Morgan fingerprint density at radius 3 is 2.64 bits per heavy atom. The van der Waals surface area contributed by atoms with E-state index in [1.165, 1.54) is 19.9 Å². The average molecular weight is 306 g/mol. The SMILES string of the molecule is CNC(=O)O/N=C(\C)c1ccc(OC)c(OC2CCCC2)c1. The fourth-order valence-corrected chi connectivity index (χ4v) is 2.39. The molecule has 6 nitrogen and oxygen atoms in total. The van der Waals surface area contributed by atoms with Crippen LogP contribution in [0.15, 0.2) is 23.4 Å². The number of carbonyl (C=O) groups excluding carboxylic acids is 1. The van der Waals surface area contributed by atoms with Gasteiger partial charge in [0.25, 0.3) is 0 Å². The third-order valence-electron chi connectivity index (χ3n) is 3.65. The van der Waals surface area contributed by atoms with Gasteiger partial charge in [-0.05, 0) is 50.8 Å². The number of methoxy groups -OCH3 is 1. The fourth-order valence-electron chi connectivity index (χ4n) is 2.39. The molecule has 1 N–H and O–H groups in total. The number of carbonyl (C=O) groups is 1. The summed E-state index contributed by atoms with van der Waals surface area (Å²) >= 11 is 0. The molecule has 6 heteroatoms. The van der Waals surface area contributed by atoms with Crippen LogP contribution >= 0.6 is 0 Å². The van der Waals surface area contributed by atoms with Crippen molar-refractivity contribution in [2.75, 3.05) is 14.2 Å². The van der Waals surface area contributed by atoms with Gasteiger partial charge in [-0.2, -0.15) is 0 Å². The van der Waals surface area contributed by atoms with Gasteiger partial charge in [0.05, 0.1) is 18.9 Å². The second-order valence-corrected chi connectivity index (χ2v) is 5.20. The number of amides is 1. The number of nitrogens with one attached hydrogen (secondary N) is 1. The summed E-state index contributed by atoms with van der Waals surface area (Å²) in [6, 6.07) is 5.55. The van der Waals surface area contributed by atoms with Gasteiger partial charge in [0.2, 0.25) is 0 Å². The van der Waals surface area contributed by atoms with Gasteiger partial charge in [-0.1, -0.05) is 5.16 Å². The molecule has 1 aromatic carbocycles. The molecule has 0 aliphatic heterocycles. The lowest BCUT2D eigenvalue weighted by molar-refractivity contribution is 0.153. The highest BCUT2D eigenvalue weighted by molar-refractivity contribution is 5.99. The number of ether oxygens (including phenoxy) is 2. The summed E-state index contributed by atoms with van der Waals surface area (Å²) in [6.45, 7) is 1.77. The molecule has 1 fully saturated rings. The number of benzene rings is 1. The normalized spacial score (nSPS) is 15.5. The monoisotopic (exact) mass is 306 g/mol. The molecule has 1 amide bonds.